The van der Waals surface area contributed by atoms with Gasteiger partial charge in [0.2, 0.25) is 0 Å². The second-order valence-electron chi connectivity index (χ2n) is 6.07. The molecule has 1 unspecified atom stereocenters. The molecule has 104 valence electrons. The van der Waals surface area contributed by atoms with Gasteiger partial charge >= 0.3 is 0 Å². The first-order chi connectivity index (χ1) is 8.86. The highest BCUT2D eigenvalue weighted by Gasteiger charge is 2.16. The van der Waals surface area contributed by atoms with Gasteiger partial charge in [0.05, 0.1) is 0 Å². The van der Waals surface area contributed by atoms with Crippen molar-refractivity contribution in [2.45, 2.75) is 52.6 Å². The van der Waals surface area contributed by atoms with E-state index in [2.05, 4.69) is 64.2 Å². The average molecular weight is 294 g/mol. The molecule has 1 atom stereocenters. The van der Waals surface area contributed by atoms with Gasteiger partial charge in [0, 0.05) is 32.1 Å². The lowest BCUT2D eigenvalue weighted by Crippen LogP contribution is -2.16. The van der Waals surface area contributed by atoms with Crippen molar-refractivity contribution in [3.8, 4) is 0 Å². The molecule has 0 aliphatic heterocycles. The Morgan fingerprint density at radius 2 is 1.84 bits per heavy atom. The van der Waals surface area contributed by atoms with Crippen LogP contribution in [-0.2, 0) is 12.0 Å². The second-order valence-corrected chi connectivity index (χ2v) is 8.55. The van der Waals surface area contributed by atoms with Crippen LogP contribution in [0.15, 0.2) is 24.3 Å². The molecule has 0 aromatic carbocycles. The van der Waals surface area contributed by atoms with E-state index in [9.17, 15) is 0 Å². The quantitative estimate of drug-likeness (QED) is 0.810. The van der Waals surface area contributed by atoms with Crippen LogP contribution in [0.3, 0.4) is 0 Å². The number of hydrogen-bond donors (Lipinski definition) is 1. The van der Waals surface area contributed by atoms with Gasteiger partial charge in [-0.3, -0.25) is 0 Å². The van der Waals surface area contributed by atoms with E-state index in [1.54, 1.807) is 0 Å². The fourth-order valence-electron chi connectivity index (χ4n) is 1.92. The van der Waals surface area contributed by atoms with E-state index in [0.717, 1.165) is 6.54 Å². The fourth-order valence-corrected chi connectivity index (χ4v) is 3.84. The van der Waals surface area contributed by atoms with Crippen LogP contribution in [0.4, 0.5) is 0 Å². The minimum atomic E-state index is 0.263. The van der Waals surface area contributed by atoms with Crippen molar-refractivity contribution in [3.05, 3.63) is 43.8 Å². The van der Waals surface area contributed by atoms with Crippen molar-refractivity contribution in [3.63, 3.8) is 0 Å². The first-order valence-corrected chi connectivity index (χ1v) is 8.38. The number of rotatable bonds is 4. The SMILES string of the molecule is Cc1ccc(C(C)NCc2ccc(C(C)(C)C)s2)s1. The van der Waals surface area contributed by atoms with Crippen LogP contribution in [-0.4, -0.2) is 0 Å². The van der Waals surface area contributed by atoms with Gasteiger partial charge in [-0.1, -0.05) is 20.8 Å². The van der Waals surface area contributed by atoms with E-state index in [-0.39, 0.29) is 5.41 Å². The van der Waals surface area contributed by atoms with E-state index < -0.39 is 0 Å². The Morgan fingerprint density at radius 3 is 2.37 bits per heavy atom. The normalized spacial score (nSPS) is 13.7. The molecular formula is C16H23NS2. The summed E-state index contributed by atoms with van der Waals surface area (Å²) in [6.45, 7) is 12.2. The molecule has 2 aromatic heterocycles. The van der Waals surface area contributed by atoms with Crippen molar-refractivity contribution in [2.75, 3.05) is 0 Å². The van der Waals surface area contributed by atoms with Crippen LogP contribution in [0.25, 0.3) is 0 Å². The van der Waals surface area contributed by atoms with Crippen molar-refractivity contribution in [1.82, 2.24) is 5.32 Å². The molecule has 2 rings (SSSR count). The molecule has 2 aromatic rings. The van der Waals surface area contributed by atoms with Crippen molar-refractivity contribution < 1.29 is 0 Å². The lowest BCUT2D eigenvalue weighted by Gasteiger charge is -2.15. The molecule has 1 N–H and O–H groups in total. The highest BCUT2D eigenvalue weighted by molar-refractivity contribution is 7.12. The van der Waals surface area contributed by atoms with Crippen molar-refractivity contribution in [2.24, 2.45) is 0 Å². The third-order valence-corrected chi connectivity index (χ3v) is 5.87. The second kappa shape index (κ2) is 5.78. The maximum Gasteiger partial charge on any atom is 0.0389 e. The molecule has 1 nitrogen and oxygen atoms in total. The zero-order valence-corrected chi connectivity index (χ0v) is 14.0. The largest absolute Gasteiger partial charge is 0.305 e. The average Bonchev–Trinajstić information content (AvgIpc) is 2.93. The first kappa shape index (κ1) is 14.8. The maximum absolute atomic E-state index is 3.61. The third-order valence-electron chi connectivity index (χ3n) is 3.17. The molecule has 0 fully saturated rings. The molecule has 0 radical (unpaired) electrons. The van der Waals surface area contributed by atoms with Crippen LogP contribution in [0, 0.1) is 6.92 Å². The van der Waals surface area contributed by atoms with Crippen LogP contribution >= 0.6 is 22.7 Å². The van der Waals surface area contributed by atoms with Gasteiger partial charge in [-0.05, 0) is 43.5 Å². The van der Waals surface area contributed by atoms with E-state index in [1.165, 1.54) is 19.5 Å². The summed E-state index contributed by atoms with van der Waals surface area (Å²) in [5, 5.41) is 3.61. The minimum Gasteiger partial charge on any atom is -0.305 e. The Bertz CT molecular complexity index is 531. The van der Waals surface area contributed by atoms with Crippen LogP contribution < -0.4 is 5.32 Å². The molecule has 2 heterocycles. The van der Waals surface area contributed by atoms with Gasteiger partial charge in [0.25, 0.3) is 0 Å². The minimum absolute atomic E-state index is 0.263. The van der Waals surface area contributed by atoms with E-state index in [0.29, 0.717) is 6.04 Å². The highest BCUT2D eigenvalue weighted by atomic mass is 32.1. The molecule has 3 heteroatoms. The van der Waals surface area contributed by atoms with E-state index >= 15 is 0 Å². The summed E-state index contributed by atoms with van der Waals surface area (Å²) in [7, 11) is 0. The summed E-state index contributed by atoms with van der Waals surface area (Å²) in [6, 6.07) is 9.37. The molecule has 0 spiro atoms. The summed E-state index contributed by atoms with van der Waals surface area (Å²) < 4.78 is 0. The van der Waals surface area contributed by atoms with Crippen LogP contribution in [0.5, 0.6) is 0 Å². The predicted molar refractivity (Wildman–Crippen MR) is 87.3 cm³/mol. The predicted octanol–water partition coefficient (Wildman–Crippen LogP) is 5.27. The molecule has 0 saturated heterocycles. The molecule has 0 bridgehead atoms. The molecule has 0 aliphatic carbocycles. The number of nitrogens with one attached hydrogen (secondary N) is 1. The summed E-state index contributed by atoms with van der Waals surface area (Å²) in [5.74, 6) is 0. The Morgan fingerprint density at radius 1 is 1.11 bits per heavy atom. The van der Waals surface area contributed by atoms with Gasteiger partial charge in [-0.15, -0.1) is 22.7 Å². The summed E-state index contributed by atoms with van der Waals surface area (Å²) in [4.78, 5) is 5.69. The highest BCUT2D eigenvalue weighted by Crippen LogP contribution is 2.30. The maximum atomic E-state index is 3.61. The summed E-state index contributed by atoms with van der Waals surface area (Å²) in [6.07, 6.45) is 0. The third kappa shape index (κ3) is 3.91. The summed E-state index contributed by atoms with van der Waals surface area (Å²) in [5.41, 5.74) is 0.263. The number of thiophene rings is 2. The van der Waals surface area contributed by atoms with Gasteiger partial charge in [-0.2, -0.15) is 0 Å². The Hall–Kier alpha value is -0.640. The van der Waals surface area contributed by atoms with Crippen LogP contribution in [0.2, 0.25) is 0 Å². The van der Waals surface area contributed by atoms with Crippen molar-refractivity contribution >= 4 is 22.7 Å². The first-order valence-electron chi connectivity index (χ1n) is 6.75. The lowest BCUT2D eigenvalue weighted by atomic mass is 9.95. The van der Waals surface area contributed by atoms with Gasteiger partial charge in [0.1, 0.15) is 0 Å². The van der Waals surface area contributed by atoms with E-state index in [1.807, 2.05) is 22.7 Å². The molecule has 19 heavy (non-hydrogen) atoms. The van der Waals surface area contributed by atoms with E-state index in [4.69, 9.17) is 0 Å². The number of hydrogen-bond acceptors (Lipinski definition) is 3. The number of aryl methyl sites for hydroxylation is 1. The Kier molecular flexibility index (Phi) is 4.49. The monoisotopic (exact) mass is 293 g/mol. The summed E-state index contributed by atoms with van der Waals surface area (Å²) >= 11 is 3.80. The smallest absolute Gasteiger partial charge is 0.0389 e. The topological polar surface area (TPSA) is 12.0 Å². The Balaban J connectivity index is 1.94. The Labute approximate surface area is 124 Å². The lowest BCUT2D eigenvalue weighted by molar-refractivity contribution is 0.587. The molecule has 0 amide bonds. The molecule has 0 aliphatic rings. The van der Waals surface area contributed by atoms with Gasteiger partial charge in [-0.25, -0.2) is 0 Å². The zero-order valence-electron chi connectivity index (χ0n) is 12.4. The zero-order chi connectivity index (χ0) is 14.0. The molecule has 0 saturated carbocycles. The van der Waals surface area contributed by atoms with Crippen LogP contribution in [0.1, 0.15) is 53.2 Å². The fraction of sp³-hybridized carbons (Fsp3) is 0.500. The standard InChI is InChI=1S/C16H23NS2/c1-11-6-8-14(18-11)12(2)17-10-13-7-9-15(19-13)16(3,4)5/h6-9,12,17H,10H2,1-5H3. The molecular weight excluding hydrogens is 270 g/mol. The van der Waals surface area contributed by atoms with Gasteiger partial charge in [0.15, 0.2) is 0 Å². The van der Waals surface area contributed by atoms with Crippen molar-refractivity contribution in [1.29, 1.82) is 0 Å². The van der Waals surface area contributed by atoms with Gasteiger partial charge < -0.3 is 5.32 Å².